The van der Waals surface area contributed by atoms with Gasteiger partial charge in [-0.25, -0.2) is 0 Å². The molecule has 0 amide bonds. The van der Waals surface area contributed by atoms with E-state index >= 15 is 0 Å². The van der Waals surface area contributed by atoms with Gasteiger partial charge in [0.05, 0.1) is 0 Å². The third-order valence-corrected chi connectivity index (χ3v) is 3.73. The Morgan fingerprint density at radius 3 is 2.57 bits per heavy atom. The van der Waals surface area contributed by atoms with Crippen molar-refractivity contribution in [2.45, 2.75) is 19.5 Å². The van der Waals surface area contributed by atoms with E-state index in [1.54, 1.807) is 0 Å². The van der Waals surface area contributed by atoms with Gasteiger partial charge in [-0.1, -0.05) is 48.5 Å². The van der Waals surface area contributed by atoms with Crippen molar-refractivity contribution in [3.63, 3.8) is 0 Å². The fourth-order valence-corrected chi connectivity index (χ4v) is 2.45. The lowest BCUT2D eigenvalue weighted by Gasteiger charge is -2.14. The number of nitrogens with one attached hydrogen (secondary N) is 2. The lowest BCUT2D eigenvalue weighted by Crippen LogP contribution is -2.23. The second kappa shape index (κ2) is 5.94. The van der Waals surface area contributed by atoms with Gasteiger partial charge in [0.25, 0.3) is 5.56 Å². The molecule has 21 heavy (non-hydrogen) atoms. The van der Waals surface area contributed by atoms with Gasteiger partial charge in [0.15, 0.2) is 0 Å². The lowest BCUT2D eigenvalue weighted by atomic mass is 10.1. The van der Waals surface area contributed by atoms with Crippen LogP contribution in [0.2, 0.25) is 0 Å². The van der Waals surface area contributed by atoms with Crippen molar-refractivity contribution >= 4 is 10.9 Å². The van der Waals surface area contributed by atoms with Crippen LogP contribution in [0.4, 0.5) is 0 Å². The molecule has 106 valence electrons. The Labute approximate surface area is 123 Å². The first kappa shape index (κ1) is 13.6. The highest BCUT2D eigenvalue weighted by Gasteiger charge is 2.07. The van der Waals surface area contributed by atoms with Crippen LogP contribution in [0.15, 0.2) is 65.5 Å². The first-order valence-corrected chi connectivity index (χ1v) is 7.13. The van der Waals surface area contributed by atoms with E-state index in [2.05, 4.69) is 29.4 Å². The van der Waals surface area contributed by atoms with Gasteiger partial charge in [0.2, 0.25) is 0 Å². The Balaban J connectivity index is 1.79. The van der Waals surface area contributed by atoms with Crippen molar-refractivity contribution < 1.29 is 0 Å². The zero-order valence-corrected chi connectivity index (χ0v) is 12.0. The van der Waals surface area contributed by atoms with Gasteiger partial charge in [-0.2, -0.15) is 0 Å². The Hall–Kier alpha value is -2.39. The number of rotatable bonds is 4. The molecule has 2 N–H and O–H groups in total. The van der Waals surface area contributed by atoms with Crippen molar-refractivity contribution in [1.82, 2.24) is 10.3 Å². The van der Waals surface area contributed by atoms with Gasteiger partial charge < -0.3 is 10.3 Å². The van der Waals surface area contributed by atoms with E-state index < -0.39 is 0 Å². The SMILES string of the molecule is C[C@H](NCc1cc2ccccc2[nH]c1=O)c1ccccc1. The third-order valence-electron chi connectivity index (χ3n) is 3.73. The summed E-state index contributed by atoms with van der Waals surface area (Å²) in [6.45, 7) is 2.65. The molecule has 1 heterocycles. The molecule has 0 aliphatic heterocycles. The van der Waals surface area contributed by atoms with Crippen molar-refractivity contribution in [2.75, 3.05) is 0 Å². The van der Waals surface area contributed by atoms with Gasteiger partial charge in [0, 0.05) is 23.7 Å². The number of H-pyrrole nitrogens is 1. The van der Waals surface area contributed by atoms with Crippen LogP contribution in [0.3, 0.4) is 0 Å². The third kappa shape index (κ3) is 3.03. The fraction of sp³-hybridized carbons (Fsp3) is 0.167. The number of benzene rings is 2. The number of hydrogen-bond donors (Lipinski definition) is 2. The Morgan fingerprint density at radius 1 is 1.05 bits per heavy atom. The highest BCUT2D eigenvalue weighted by Crippen LogP contribution is 2.13. The molecular formula is C18H18N2O. The minimum Gasteiger partial charge on any atom is -0.322 e. The van der Waals surface area contributed by atoms with Gasteiger partial charge in [0.1, 0.15) is 0 Å². The zero-order valence-electron chi connectivity index (χ0n) is 12.0. The number of aromatic nitrogens is 1. The van der Waals surface area contributed by atoms with E-state index in [4.69, 9.17) is 0 Å². The molecule has 0 spiro atoms. The van der Waals surface area contributed by atoms with Crippen LogP contribution in [-0.2, 0) is 6.54 Å². The predicted molar refractivity (Wildman–Crippen MR) is 86.3 cm³/mol. The normalized spacial score (nSPS) is 12.4. The maximum absolute atomic E-state index is 12.1. The summed E-state index contributed by atoms with van der Waals surface area (Å²) in [5.41, 5.74) is 2.83. The van der Waals surface area contributed by atoms with E-state index in [9.17, 15) is 4.79 Å². The molecule has 1 atom stereocenters. The quantitative estimate of drug-likeness (QED) is 0.768. The van der Waals surface area contributed by atoms with Crippen LogP contribution in [0, 0.1) is 0 Å². The van der Waals surface area contributed by atoms with Gasteiger partial charge >= 0.3 is 0 Å². The summed E-state index contributed by atoms with van der Waals surface area (Å²) in [6, 6.07) is 20.2. The molecule has 0 aliphatic carbocycles. The molecule has 3 rings (SSSR count). The summed E-state index contributed by atoms with van der Waals surface area (Å²) in [6.07, 6.45) is 0. The second-order valence-electron chi connectivity index (χ2n) is 5.22. The van der Waals surface area contributed by atoms with Crippen LogP contribution in [0.25, 0.3) is 10.9 Å². The van der Waals surface area contributed by atoms with Gasteiger partial charge in [-0.3, -0.25) is 4.79 Å². The molecular weight excluding hydrogens is 260 g/mol. The number of aromatic amines is 1. The maximum Gasteiger partial charge on any atom is 0.252 e. The van der Waals surface area contributed by atoms with Crippen LogP contribution in [0.1, 0.15) is 24.1 Å². The minimum absolute atomic E-state index is 0.0264. The van der Waals surface area contributed by atoms with Crippen molar-refractivity contribution in [1.29, 1.82) is 0 Å². The molecule has 0 unspecified atom stereocenters. The molecule has 0 bridgehead atoms. The van der Waals surface area contributed by atoms with Crippen LogP contribution in [-0.4, -0.2) is 4.98 Å². The number of fused-ring (bicyclic) bond motifs is 1. The molecule has 3 aromatic rings. The lowest BCUT2D eigenvalue weighted by molar-refractivity contribution is 0.572. The average Bonchev–Trinajstić information content (AvgIpc) is 2.53. The number of para-hydroxylation sites is 1. The number of pyridine rings is 1. The van der Waals surface area contributed by atoms with E-state index in [-0.39, 0.29) is 11.6 Å². The van der Waals surface area contributed by atoms with Gasteiger partial charge in [-0.05, 0) is 30.0 Å². The molecule has 0 saturated heterocycles. The van der Waals surface area contributed by atoms with Crippen molar-refractivity contribution in [2.24, 2.45) is 0 Å². The highest BCUT2D eigenvalue weighted by atomic mass is 16.1. The maximum atomic E-state index is 12.1. The smallest absolute Gasteiger partial charge is 0.252 e. The predicted octanol–water partition coefficient (Wildman–Crippen LogP) is 3.38. The number of hydrogen-bond acceptors (Lipinski definition) is 2. The largest absolute Gasteiger partial charge is 0.322 e. The fourth-order valence-electron chi connectivity index (χ4n) is 2.45. The summed E-state index contributed by atoms with van der Waals surface area (Å²) in [5, 5.41) is 4.46. The molecule has 0 fully saturated rings. The van der Waals surface area contributed by atoms with E-state index in [0.29, 0.717) is 6.54 Å². The summed E-state index contributed by atoms with van der Waals surface area (Å²) in [4.78, 5) is 15.0. The molecule has 1 aromatic heterocycles. The van der Waals surface area contributed by atoms with Crippen molar-refractivity contribution in [3.05, 3.63) is 82.1 Å². The average molecular weight is 278 g/mol. The van der Waals surface area contributed by atoms with E-state index in [0.717, 1.165) is 16.5 Å². The first-order valence-electron chi connectivity index (χ1n) is 7.13. The van der Waals surface area contributed by atoms with Crippen molar-refractivity contribution in [3.8, 4) is 0 Å². The van der Waals surface area contributed by atoms with E-state index in [1.165, 1.54) is 5.56 Å². The Bertz CT molecular complexity index is 793. The molecule has 3 heteroatoms. The Morgan fingerprint density at radius 2 is 1.76 bits per heavy atom. The summed E-state index contributed by atoms with van der Waals surface area (Å²) >= 11 is 0. The van der Waals surface area contributed by atoms with Crippen LogP contribution >= 0.6 is 0 Å². The molecule has 2 aromatic carbocycles. The molecule has 3 nitrogen and oxygen atoms in total. The Kier molecular flexibility index (Phi) is 3.84. The summed E-state index contributed by atoms with van der Waals surface area (Å²) in [5.74, 6) is 0. The summed E-state index contributed by atoms with van der Waals surface area (Å²) < 4.78 is 0. The highest BCUT2D eigenvalue weighted by molar-refractivity contribution is 5.78. The molecule has 0 aliphatic rings. The van der Waals surface area contributed by atoms with Crippen LogP contribution in [0.5, 0.6) is 0 Å². The monoisotopic (exact) mass is 278 g/mol. The van der Waals surface area contributed by atoms with Gasteiger partial charge in [-0.15, -0.1) is 0 Å². The second-order valence-corrected chi connectivity index (χ2v) is 5.22. The topological polar surface area (TPSA) is 44.9 Å². The first-order chi connectivity index (χ1) is 10.2. The zero-order chi connectivity index (χ0) is 14.7. The summed E-state index contributed by atoms with van der Waals surface area (Å²) in [7, 11) is 0. The molecule has 0 saturated carbocycles. The van der Waals surface area contributed by atoms with Crippen LogP contribution < -0.4 is 10.9 Å². The standard InChI is InChI=1S/C18H18N2O/c1-13(14-7-3-2-4-8-14)19-12-16-11-15-9-5-6-10-17(15)20-18(16)21/h2-11,13,19H,12H2,1H3,(H,20,21)/t13-/m0/s1. The van der Waals surface area contributed by atoms with E-state index in [1.807, 2.05) is 48.5 Å². The minimum atomic E-state index is -0.0264. The molecule has 0 radical (unpaired) electrons.